The Morgan fingerprint density at radius 1 is 1.50 bits per heavy atom. The van der Waals surface area contributed by atoms with Gasteiger partial charge in [-0.25, -0.2) is 15.0 Å². The van der Waals surface area contributed by atoms with Gasteiger partial charge < -0.3 is 15.4 Å². The van der Waals surface area contributed by atoms with Crippen molar-refractivity contribution in [3.8, 4) is 0 Å². The van der Waals surface area contributed by atoms with Crippen molar-refractivity contribution in [3.05, 3.63) is 18.0 Å². The Hall–Kier alpha value is -1.60. The molecule has 1 atom stereocenters. The Kier molecular flexibility index (Phi) is 3.83. The number of H-pyrrole nitrogens is 1. The van der Waals surface area contributed by atoms with Crippen LogP contribution in [0.3, 0.4) is 0 Å². The molecule has 3 N–H and O–H groups in total. The number of aromatic amines is 1. The standard InChI is InChI=1S/C11H15N5OS/c1-6(2)4-7(17)14-10-8-9(13-5-12-8)15-11(16-10)18-3/h4-5,7,17H,1-3H3,(H2,12,13,14,15,16). The molecular formula is C11H15N5OS. The van der Waals surface area contributed by atoms with Gasteiger partial charge in [0, 0.05) is 0 Å². The van der Waals surface area contributed by atoms with Crippen molar-refractivity contribution in [1.82, 2.24) is 19.9 Å². The normalized spacial score (nSPS) is 12.4. The van der Waals surface area contributed by atoms with Crippen LogP contribution < -0.4 is 5.32 Å². The first-order valence-corrected chi connectivity index (χ1v) is 6.67. The minimum atomic E-state index is -0.786. The predicted molar refractivity (Wildman–Crippen MR) is 72.5 cm³/mol. The number of allylic oxidation sites excluding steroid dienone is 1. The molecule has 2 aromatic rings. The van der Waals surface area contributed by atoms with Gasteiger partial charge in [-0.1, -0.05) is 17.3 Å². The van der Waals surface area contributed by atoms with Crippen LogP contribution in [0, 0.1) is 0 Å². The number of aliphatic hydroxyl groups is 1. The average molecular weight is 265 g/mol. The molecular weight excluding hydrogens is 250 g/mol. The Balaban J connectivity index is 2.36. The number of rotatable bonds is 4. The largest absolute Gasteiger partial charge is 0.370 e. The molecule has 2 rings (SSSR count). The van der Waals surface area contributed by atoms with Crippen LogP contribution in [0.4, 0.5) is 5.82 Å². The van der Waals surface area contributed by atoms with E-state index in [2.05, 4.69) is 25.3 Å². The molecule has 0 fully saturated rings. The Morgan fingerprint density at radius 2 is 2.28 bits per heavy atom. The Bertz CT molecular complexity index is 576. The molecule has 96 valence electrons. The highest BCUT2D eigenvalue weighted by atomic mass is 32.2. The molecule has 0 aliphatic rings. The summed E-state index contributed by atoms with van der Waals surface area (Å²) in [4.78, 5) is 15.6. The number of thioether (sulfide) groups is 1. The zero-order chi connectivity index (χ0) is 13.1. The second kappa shape index (κ2) is 5.36. The van der Waals surface area contributed by atoms with Crippen molar-refractivity contribution < 1.29 is 5.11 Å². The van der Waals surface area contributed by atoms with Gasteiger partial charge in [-0.2, -0.15) is 0 Å². The van der Waals surface area contributed by atoms with Gasteiger partial charge in [-0.3, -0.25) is 0 Å². The van der Waals surface area contributed by atoms with E-state index in [0.717, 1.165) is 5.57 Å². The van der Waals surface area contributed by atoms with Crippen LogP contribution in [0.15, 0.2) is 23.1 Å². The van der Waals surface area contributed by atoms with Crippen LogP contribution in [-0.4, -0.2) is 37.5 Å². The number of nitrogens with one attached hydrogen (secondary N) is 2. The van der Waals surface area contributed by atoms with Crippen LogP contribution in [0.2, 0.25) is 0 Å². The van der Waals surface area contributed by atoms with Gasteiger partial charge in [0.15, 0.2) is 16.6 Å². The first-order chi connectivity index (χ1) is 8.60. The van der Waals surface area contributed by atoms with Crippen molar-refractivity contribution in [3.63, 3.8) is 0 Å². The van der Waals surface area contributed by atoms with E-state index in [4.69, 9.17) is 0 Å². The lowest BCUT2D eigenvalue weighted by Crippen LogP contribution is -2.17. The van der Waals surface area contributed by atoms with E-state index in [1.807, 2.05) is 20.1 Å². The van der Waals surface area contributed by atoms with Gasteiger partial charge in [-0.15, -0.1) is 0 Å². The first kappa shape index (κ1) is 12.8. The summed E-state index contributed by atoms with van der Waals surface area (Å²) in [5.74, 6) is 0.548. The van der Waals surface area contributed by atoms with E-state index in [1.54, 1.807) is 12.4 Å². The highest BCUT2D eigenvalue weighted by molar-refractivity contribution is 7.98. The van der Waals surface area contributed by atoms with Crippen LogP contribution in [0.5, 0.6) is 0 Å². The lowest BCUT2D eigenvalue weighted by atomic mass is 10.3. The third-order valence-corrected chi connectivity index (χ3v) is 2.77. The molecule has 0 aromatic carbocycles. The van der Waals surface area contributed by atoms with Gasteiger partial charge in [0.2, 0.25) is 0 Å². The smallest absolute Gasteiger partial charge is 0.191 e. The van der Waals surface area contributed by atoms with Gasteiger partial charge in [0.05, 0.1) is 6.33 Å². The summed E-state index contributed by atoms with van der Waals surface area (Å²) in [6.07, 6.45) is 4.38. The second-order valence-electron chi connectivity index (χ2n) is 3.99. The predicted octanol–water partition coefficient (Wildman–Crippen LogP) is 1.77. The number of nitrogens with zero attached hydrogens (tertiary/aromatic N) is 3. The van der Waals surface area contributed by atoms with Crippen LogP contribution >= 0.6 is 11.8 Å². The molecule has 0 aliphatic carbocycles. The highest BCUT2D eigenvalue weighted by Crippen LogP contribution is 2.21. The molecule has 0 amide bonds. The van der Waals surface area contributed by atoms with Gasteiger partial charge in [-0.05, 0) is 26.2 Å². The highest BCUT2D eigenvalue weighted by Gasteiger charge is 2.11. The first-order valence-electron chi connectivity index (χ1n) is 5.45. The number of aliphatic hydroxyl groups excluding tert-OH is 1. The zero-order valence-electron chi connectivity index (χ0n) is 10.4. The maximum Gasteiger partial charge on any atom is 0.191 e. The fourth-order valence-corrected chi connectivity index (χ4v) is 1.87. The summed E-state index contributed by atoms with van der Waals surface area (Å²) in [6, 6.07) is 0. The van der Waals surface area contributed by atoms with Crippen molar-refractivity contribution in [1.29, 1.82) is 0 Å². The van der Waals surface area contributed by atoms with Crippen molar-refractivity contribution in [2.75, 3.05) is 11.6 Å². The Labute approximate surface area is 109 Å². The van der Waals surface area contributed by atoms with E-state index in [9.17, 15) is 5.11 Å². The molecule has 0 spiro atoms. The SMILES string of the molecule is CSc1nc(NC(O)C=C(C)C)c2[nH]cnc2n1. The summed E-state index contributed by atoms with van der Waals surface area (Å²) in [5, 5.41) is 13.4. The maximum absolute atomic E-state index is 9.84. The maximum atomic E-state index is 9.84. The monoisotopic (exact) mass is 265 g/mol. The summed E-state index contributed by atoms with van der Waals surface area (Å²) in [5.41, 5.74) is 2.30. The quantitative estimate of drug-likeness (QED) is 0.338. The van der Waals surface area contributed by atoms with Gasteiger partial charge >= 0.3 is 0 Å². The topological polar surface area (TPSA) is 86.7 Å². The molecule has 2 heterocycles. The lowest BCUT2D eigenvalue weighted by Gasteiger charge is -2.11. The second-order valence-corrected chi connectivity index (χ2v) is 4.77. The van der Waals surface area contributed by atoms with E-state index in [1.165, 1.54) is 11.8 Å². The number of hydrogen-bond acceptors (Lipinski definition) is 6. The third-order valence-electron chi connectivity index (χ3n) is 2.22. The number of hydrogen-bond donors (Lipinski definition) is 3. The number of fused-ring (bicyclic) bond motifs is 1. The molecule has 0 saturated heterocycles. The van der Waals surface area contributed by atoms with Crippen LogP contribution in [0.25, 0.3) is 11.2 Å². The molecule has 0 saturated carbocycles. The van der Waals surface area contributed by atoms with Crippen LogP contribution in [0.1, 0.15) is 13.8 Å². The molecule has 2 aromatic heterocycles. The van der Waals surface area contributed by atoms with E-state index < -0.39 is 6.23 Å². The van der Waals surface area contributed by atoms with Crippen molar-refractivity contribution >= 4 is 28.7 Å². The number of anilines is 1. The molecule has 0 radical (unpaired) electrons. The van der Waals surface area contributed by atoms with E-state index in [0.29, 0.717) is 22.1 Å². The Morgan fingerprint density at radius 3 is 2.94 bits per heavy atom. The van der Waals surface area contributed by atoms with E-state index in [-0.39, 0.29) is 0 Å². The van der Waals surface area contributed by atoms with Crippen LogP contribution in [-0.2, 0) is 0 Å². The van der Waals surface area contributed by atoms with Crippen molar-refractivity contribution in [2.45, 2.75) is 25.2 Å². The molecule has 1 unspecified atom stereocenters. The molecule has 18 heavy (non-hydrogen) atoms. The summed E-state index contributed by atoms with van der Waals surface area (Å²) < 4.78 is 0. The van der Waals surface area contributed by atoms with E-state index >= 15 is 0 Å². The fourth-order valence-electron chi connectivity index (χ4n) is 1.51. The summed E-state index contributed by atoms with van der Waals surface area (Å²) in [7, 11) is 0. The number of imidazole rings is 1. The summed E-state index contributed by atoms with van der Waals surface area (Å²) in [6.45, 7) is 3.84. The minimum Gasteiger partial charge on any atom is -0.370 e. The molecule has 7 heteroatoms. The van der Waals surface area contributed by atoms with Gasteiger partial charge in [0.25, 0.3) is 0 Å². The number of aromatic nitrogens is 4. The van der Waals surface area contributed by atoms with Gasteiger partial charge in [0.1, 0.15) is 11.7 Å². The summed E-state index contributed by atoms with van der Waals surface area (Å²) >= 11 is 1.43. The zero-order valence-corrected chi connectivity index (χ0v) is 11.2. The van der Waals surface area contributed by atoms with Crippen molar-refractivity contribution in [2.24, 2.45) is 0 Å². The molecule has 0 aliphatic heterocycles. The third kappa shape index (κ3) is 2.80. The fraction of sp³-hybridized carbons (Fsp3) is 0.364. The average Bonchev–Trinajstić information content (AvgIpc) is 2.75. The molecule has 0 bridgehead atoms. The lowest BCUT2D eigenvalue weighted by molar-refractivity contribution is 0.251. The minimum absolute atomic E-state index is 0.548. The molecule has 6 nitrogen and oxygen atoms in total.